The monoisotopic (exact) mass is 319 g/mol. The van der Waals surface area contributed by atoms with Crippen LogP contribution in [-0.2, 0) is 14.8 Å². The Morgan fingerprint density at radius 3 is 2.38 bits per heavy atom. The highest BCUT2D eigenvalue weighted by Gasteiger charge is 2.23. The highest BCUT2D eigenvalue weighted by atomic mass is 32.2. The maximum absolute atomic E-state index is 12.0. The molecule has 0 saturated heterocycles. The number of nitrogens with two attached hydrogens (primary N) is 1. The number of aliphatic hydroxyl groups excluding tert-OH is 1. The number of hydrogen-bond donors (Lipinski definition) is 4. The molecule has 118 valence electrons. The summed E-state index contributed by atoms with van der Waals surface area (Å²) in [4.78, 5) is 21.5. The zero-order valence-electron chi connectivity index (χ0n) is 11.5. The molecule has 0 aliphatic carbocycles. The molecule has 10 heteroatoms. The number of nitrogens with one attached hydrogen (secondary N) is 1. The average molecular weight is 319 g/mol. The fourth-order valence-corrected chi connectivity index (χ4v) is 2.64. The van der Waals surface area contributed by atoms with Crippen molar-refractivity contribution < 1.29 is 28.2 Å². The number of carbonyl (C=O) groups excluding carboxylic acids is 1. The van der Waals surface area contributed by atoms with Crippen LogP contribution in [0.25, 0.3) is 0 Å². The van der Waals surface area contributed by atoms with Crippen LogP contribution in [0.4, 0.5) is 0 Å². The van der Waals surface area contributed by atoms with E-state index in [2.05, 4.69) is 0 Å². The van der Waals surface area contributed by atoms with E-state index in [1.54, 1.807) is 13.8 Å². The van der Waals surface area contributed by atoms with Crippen LogP contribution in [0.1, 0.15) is 30.4 Å². The SMILES string of the molecule is CC(C)n1cc(S(=O)(=O)NCC(O)C(N)=O)cc1C(=O)O. The number of carboxylic acid groups (broad SMARTS) is 1. The summed E-state index contributed by atoms with van der Waals surface area (Å²) in [5, 5.41) is 18.2. The van der Waals surface area contributed by atoms with Crippen molar-refractivity contribution in [2.45, 2.75) is 30.9 Å². The number of hydrogen-bond acceptors (Lipinski definition) is 5. The van der Waals surface area contributed by atoms with E-state index in [-0.39, 0.29) is 16.6 Å². The first kappa shape index (κ1) is 17.1. The molecule has 0 fully saturated rings. The van der Waals surface area contributed by atoms with Crippen molar-refractivity contribution in [2.24, 2.45) is 5.73 Å². The number of amides is 1. The van der Waals surface area contributed by atoms with Crippen molar-refractivity contribution in [1.29, 1.82) is 0 Å². The first-order chi connectivity index (χ1) is 9.56. The first-order valence-corrected chi connectivity index (χ1v) is 7.46. The fraction of sp³-hybridized carbons (Fsp3) is 0.455. The normalized spacial score (nSPS) is 13.3. The van der Waals surface area contributed by atoms with E-state index in [1.165, 1.54) is 10.8 Å². The number of rotatable bonds is 7. The summed E-state index contributed by atoms with van der Waals surface area (Å²) in [5.74, 6) is -2.33. The lowest BCUT2D eigenvalue weighted by Crippen LogP contribution is -2.39. The third kappa shape index (κ3) is 4.03. The maximum Gasteiger partial charge on any atom is 0.352 e. The average Bonchev–Trinajstić information content (AvgIpc) is 2.81. The van der Waals surface area contributed by atoms with Crippen LogP contribution in [-0.4, -0.2) is 47.7 Å². The summed E-state index contributed by atoms with van der Waals surface area (Å²) in [6.07, 6.45) is -0.487. The predicted molar refractivity (Wildman–Crippen MR) is 72.2 cm³/mol. The quantitative estimate of drug-likeness (QED) is 0.500. The Morgan fingerprint density at radius 2 is 2.00 bits per heavy atom. The molecule has 0 spiro atoms. The molecular formula is C11H17N3O6S. The van der Waals surface area contributed by atoms with Gasteiger partial charge in [0.1, 0.15) is 16.7 Å². The Labute approximate surface area is 121 Å². The molecule has 1 heterocycles. The Hall–Kier alpha value is -1.91. The van der Waals surface area contributed by atoms with Crippen molar-refractivity contribution in [3.05, 3.63) is 18.0 Å². The molecule has 1 atom stereocenters. The fourth-order valence-electron chi connectivity index (χ4n) is 1.57. The summed E-state index contributed by atoms with van der Waals surface area (Å²) in [7, 11) is -4.06. The molecule has 1 amide bonds. The Kier molecular flexibility index (Phi) is 5.10. The number of sulfonamides is 1. The van der Waals surface area contributed by atoms with Gasteiger partial charge in [0.2, 0.25) is 15.9 Å². The van der Waals surface area contributed by atoms with Gasteiger partial charge >= 0.3 is 5.97 Å². The molecule has 1 aromatic heterocycles. The second-order valence-corrected chi connectivity index (χ2v) is 6.40. The van der Waals surface area contributed by atoms with Crippen molar-refractivity contribution in [3.8, 4) is 0 Å². The summed E-state index contributed by atoms with van der Waals surface area (Å²) < 4.78 is 27.3. The number of primary amides is 1. The summed E-state index contributed by atoms with van der Waals surface area (Å²) in [6, 6.07) is 0.748. The van der Waals surface area contributed by atoms with Gasteiger partial charge in [-0.05, 0) is 19.9 Å². The van der Waals surface area contributed by atoms with Gasteiger partial charge in [-0.15, -0.1) is 0 Å². The standard InChI is InChI=1S/C11H17N3O6S/c1-6(2)14-5-7(3-8(14)11(17)18)21(19,20)13-4-9(15)10(12)16/h3,5-6,9,13,15H,4H2,1-2H3,(H2,12,16)(H,17,18). The molecule has 5 N–H and O–H groups in total. The van der Waals surface area contributed by atoms with Crippen molar-refractivity contribution in [1.82, 2.24) is 9.29 Å². The number of carbonyl (C=O) groups is 2. The van der Waals surface area contributed by atoms with Gasteiger partial charge in [-0.25, -0.2) is 17.9 Å². The second kappa shape index (κ2) is 6.24. The molecule has 0 radical (unpaired) electrons. The van der Waals surface area contributed by atoms with E-state index in [9.17, 15) is 23.1 Å². The molecule has 1 rings (SSSR count). The van der Waals surface area contributed by atoms with Gasteiger partial charge in [0.05, 0.1) is 0 Å². The second-order valence-electron chi connectivity index (χ2n) is 4.64. The molecule has 21 heavy (non-hydrogen) atoms. The highest BCUT2D eigenvalue weighted by molar-refractivity contribution is 7.89. The van der Waals surface area contributed by atoms with Crippen LogP contribution in [0.3, 0.4) is 0 Å². The Morgan fingerprint density at radius 1 is 1.43 bits per heavy atom. The van der Waals surface area contributed by atoms with Crippen molar-refractivity contribution in [3.63, 3.8) is 0 Å². The maximum atomic E-state index is 12.0. The molecule has 9 nitrogen and oxygen atoms in total. The van der Waals surface area contributed by atoms with Crippen LogP contribution in [0.15, 0.2) is 17.2 Å². The number of carboxylic acids is 1. The first-order valence-electron chi connectivity index (χ1n) is 5.98. The highest BCUT2D eigenvalue weighted by Crippen LogP contribution is 2.18. The third-order valence-corrected chi connectivity index (χ3v) is 4.09. The number of nitrogens with zero attached hydrogens (tertiary/aromatic N) is 1. The topological polar surface area (TPSA) is 152 Å². The minimum atomic E-state index is -4.06. The number of aromatic nitrogens is 1. The summed E-state index contributed by atoms with van der Waals surface area (Å²) in [6.45, 7) is 2.81. The molecule has 0 aliphatic rings. The zero-order valence-corrected chi connectivity index (χ0v) is 12.3. The molecule has 0 saturated carbocycles. The summed E-state index contributed by atoms with van der Waals surface area (Å²) >= 11 is 0. The van der Waals surface area contributed by atoms with Gasteiger partial charge in [-0.3, -0.25) is 4.79 Å². The molecule has 1 unspecified atom stereocenters. The van der Waals surface area contributed by atoms with Gasteiger partial charge in [0.15, 0.2) is 0 Å². The van der Waals surface area contributed by atoms with Gasteiger partial charge in [0, 0.05) is 18.8 Å². The Balaban J connectivity index is 3.07. The lowest BCUT2D eigenvalue weighted by atomic mass is 10.3. The van der Waals surface area contributed by atoms with E-state index in [1.807, 2.05) is 4.72 Å². The van der Waals surface area contributed by atoms with Crippen molar-refractivity contribution in [2.75, 3.05) is 6.54 Å². The van der Waals surface area contributed by atoms with Crippen LogP contribution in [0.2, 0.25) is 0 Å². The van der Waals surface area contributed by atoms with E-state index in [4.69, 9.17) is 10.8 Å². The summed E-state index contributed by atoms with van der Waals surface area (Å²) in [5.41, 5.74) is 4.63. The lowest BCUT2D eigenvalue weighted by molar-refractivity contribution is -0.125. The Bertz CT molecular complexity index is 649. The smallest absolute Gasteiger partial charge is 0.352 e. The van der Waals surface area contributed by atoms with E-state index in [0.29, 0.717) is 0 Å². The van der Waals surface area contributed by atoms with Crippen LogP contribution in [0.5, 0.6) is 0 Å². The molecule has 0 bridgehead atoms. The minimum Gasteiger partial charge on any atom is -0.477 e. The van der Waals surface area contributed by atoms with Crippen LogP contribution < -0.4 is 10.5 Å². The minimum absolute atomic E-state index is 0.180. The van der Waals surface area contributed by atoms with E-state index < -0.39 is 34.5 Å². The number of aliphatic hydroxyl groups is 1. The zero-order chi connectivity index (χ0) is 16.4. The number of aromatic carboxylic acids is 1. The van der Waals surface area contributed by atoms with Gasteiger partial charge in [0.25, 0.3) is 0 Å². The van der Waals surface area contributed by atoms with Crippen LogP contribution in [0, 0.1) is 0 Å². The van der Waals surface area contributed by atoms with Gasteiger partial charge in [-0.1, -0.05) is 0 Å². The molecule has 1 aromatic rings. The molecule has 0 aliphatic heterocycles. The van der Waals surface area contributed by atoms with Crippen LogP contribution >= 0.6 is 0 Å². The molecule has 0 aromatic carbocycles. The van der Waals surface area contributed by atoms with E-state index >= 15 is 0 Å². The van der Waals surface area contributed by atoms with Gasteiger partial charge in [-0.2, -0.15) is 0 Å². The lowest BCUT2D eigenvalue weighted by Gasteiger charge is -2.09. The third-order valence-electron chi connectivity index (χ3n) is 2.70. The molecular weight excluding hydrogens is 302 g/mol. The van der Waals surface area contributed by atoms with Gasteiger partial charge < -0.3 is 20.5 Å². The van der Waals surface area contributed by atoms with Crippen molar-refractivity contribution >= 4 is 21.9 Å². The largest absolute Gasteiger partial charge is 0.477 e. The predicted octanol–water partition coefficient (Wildman–Crippen LogP) is -1.11. The van der Waals surface area contributed by atoms with E-state index in [0.717, 1.165) is 6.07 Å².